The van der Waals surface area contributed by atoms with Crippen LogP contribution in [0.25, 0.3) is 4.83 Å². The minimum atomic E-state index is -0.106. The fraction of sp³-hybridized carbons (Fsp3) is 0.529. The summed E-state index contributed by atoms with van der Waals surface area (Å²) in [6.45, 7) is 6.15. The molecule has 7 nitrogen and oxygen atoms in total. The van der Waals surface area contributed by atoms with Gasteiger partial charge in [0, 0.05) is 30.6 Å². The van der Waals surface area contributed by atoms with Gasteiger partial charge in [-0.25, -0.2) is 9.97 Å². The lowest BCUT2D eigenvalue weighted by Crippen LogP contribution is -2.42. The Balaban J connectivity index is 1.49. The number of likely N-dealkylation sites (tertiary alicyclic amines) is 1. The van der Waals surface area contributed by atoms with Crippen molar-refractivity contribution < 1.29 is 4.79 Å². The molecule has 0 unspecified atom stereocenters. The van der Waals surface area contributed by atoms with Gasteiger partial charge in [0.15, 0.2) is 0 Å². The fourth-order valence-electron chi connectivity index (χ4n) is 3.66. The van der Waals surface area contributed by atoms with E-state index in [4.69, 9.17) is 4.98 Å². The zero-order valence-corrected chi connectivity index (χ0v) is 15.3. The normalized spacial score (nSPS) is 19.4. The van der Waals surface area contributed by atoms with Gasteiger partial charge in [-0.05, 0) is 19.8 Å². The molecule has 25 heavy (non-hydrogen) atoms. The first-order chi connectivity index (χ1) is 12.1. The molecule has 132 valence electrons. The van der Waals surface area contributed by atoms with Crippen molar-refractivity contribution >= 4 is 22.1 Å². The Bertz CT molecular complexity index is 867. The first kappa shape index (κ1) is 16.3. The van der Waals surface area contributed by atoms with Crippen LogP contribution < -0.4 is 0 Å². The van der Waals surface area contributed by atoms with E-state index in [0.717, 1.165) is 37.4 Å². The molecular formula is C17H22N6OS. The van der Waals surface area contributed by atoms with Crippen LogP contribution in [0.3, 0.4) is 0 Å². The van der Waals surface area contributed by atoms with Gasteiger partial charge < -0.3 is 4.90 Å². The summed E-state index contributed by atoms with van der Waals surface area (Å²) in [5, 5.41) is 6.20. The van der Waals surface area contributed by atoms with Gasteiger partial charge in [-0.3, -0.25) is 13.9 Å². The smallest absolute Gasteiger partial charge is 0.227 e. The highest BCUT2D eigenvalue weighted by Gasteiger charge is 2.30. The predicted molar refractivity (Wildman–Crippen MR) is 95.5 cm³/mol. The molecule has 3 aromatic rings. The van der Waals surface area contributed by atoms with Gasteiger partial charge in [0.05, 0.1) is 18.2 Å². The van der Waals surface area contributed by atoms with Crippen LogP contribution in [-0.2, 0) is 11.3 Å². The summed E-state index contributed by atoms with van der Waals surface area (Å²) in [5.41, 5.74) is 1.15. The fourth-order valence-corrected chi connectivity index (χ4v) is 4.61. The molecule has 0 radical (unpaired) electrons. The lowest BCUT2D eigenvalue weighted by Gasteiger charge is -2.33. The molecule has 1 saturated heterocycles. The molecule has 4 rings (SSSR count). The summed E-state index contributed by atoms with van der Waals surface area (Å²) in [5.74, 6) is 1.43. The number of piperidine rings is 1. The van der Waals surface area contributed by atoms with Crippen LogP contribution in [0.1, 0.15) is 37.2 Å². The summed E-state index contributed by atoms with van der Waals surface area (Å²) in [6, 6.07) is 0. The Hall–Kier alpha value is -2.22. The third-order valence-corrected chi connectivity index (χ3v) is 5.81. The molecule has 1 aliphatic heterocycles. The van der Waals surface area contributed by atoms with E-state index in [2.05, 4.69) is 26.1 Å². The summed E-state index contributed by atoms with van der Waals surface area (Å²) in [6.07, 6.45) is 7.34. The van der Waals surface area contributed by atoms with E-state index in [1.165, 1.54) is 11.2 Å². The van der Waals surface area contributed by atoms with Crippen LogP contribution in [0.4, 0.5) is 0 Å². The van der Waals surface area contributed by atoms with Crippen LogP contribution in [0.15, 0.2) is 24.2 Å². The van der Waals surface area contributed by atoms with Gasteiger partial charge >= 0.3 is 0 Å². The quantitative estimate of drug-likeness (QED) is 0.718. The van der Waals surface area contributed by atoms with Crippen molar-refractivity contribution in [3.8, 4) is 0 Å². The first-order valence-corrected chi connectivity index (χ1v) is 9.54. The van der Waals surface area contributed by atoms with Crippen molar-refractivity contribution in [1.29, 1.82) is 0 Å². The summed E-state index contributed by atoms with van der Waals surface area (Å²) >= 11 is 1.73. The highest BCUT2D eigenvalue weighted by atomic mass is 32.1. The van der Waals surface area contributed by atoms with Gasteiger partial charge in [-0.2, -0.15) is 5.10 Å². The number of hydrogen-bond acceptors (Lipinski definition) is 5. The number of amides is 1. The molecule has 0 saturated carbocycles. The number of aryl methyl sites for hydroxylation is 1. The van der Waals surface area contributed by atoms with E-state index < -0.39 is 0 Å². The second-order valence-electron chi connectivity index (χ2n) is 6.76. The maximum absolute atomic E-state index is 12.9. The minimum Gasteiger partial charge on any atom is -0.342 e. The number of rotatable bonds is 4. The highest BCUT2D eigenvalue weighted by Crippen LogP contribution is 2.32. The molecule has 0 spiro atoms. The molecule has 1 amide bonds. The topological polar surface area (TPSA) is 68.3 Å². The SMILES string of the molecule is Cc1nc([C@@H]2CCCN(C(=O)[C@H](C)Cn3cncn3)C2)c2sccn12. The molecule has 2 atom stereocenters. The largest absolute Gasteiger partial charge is 0.342 e. The average Bonchev–Trinajstić information content (AvgIpc) is 3.34. The molecule has 1 fully saturated rings. The number of aromatic nitrogens is 5. The highest BCUT2D eigenvalue weighted by molar-refractivity contribution is 7.15. The van der Waals surface area contributed by atoms with E-state index in [0.29, 0.717) is 12.5 Å². The Labute approximate surface area is 150 Å². The zero-order valence-electron chi connectivity index (χ0n) is 14.5. The zero-order chi connectivity index (χ0) is 17.4. The lowest BCUT2D eigenvalue weighted by atomic mass is 9.94. The van der Waals surface area contributed by atoms with Gasteiger partial charge in [-0.1, -0.05) is 6.92 Å². The van der Waals surface area contributed by atoms with E-state index >= 15 is 0 Å². The predicted octanol–water partition coefficient (Wildman–Crippen LogP) is 2.34. The van der Waals surface area contributed by atoms with Crippen molar-refractivity contribution in [2.75, 3.05) is 13.1 Å². The Morgan fingerprint density at radius 1 is 1.48 bits per heavy atom. The lowest BCUT2D eigenvalue weighted by molar-refractivity contribution is -0.136. The first-order valence-electron chi connectivity index (χ1n) is 8.66. The van der Waals surface area contributed by atoms with E-state index in [1.54, 1.807) is 22.3 Å². The van der Waals surface area contributed by atoms with Crippen LogP contribution >= 0.6 is 11.3 Å². The van der Waals surface area contributed by atoms with Crippen LogP contribution in [0.2, 0.25) is 0 Å². The van der Waals surface area contributed by atoms with Crippen molar-refractivity contribution in [3.63, 3.8) is 0 Å². The van der Waals surface area contributed by atoms with Gasteiger partial charge in [0.1, 0.15) is 23.3 Å². The van der Waals surface area contributed by atoms with Crippen molar-refractivity contribution in [1.82, 2.24) is 29.0 Å². The molecule has 0 bridgehead atoms. The Morgan fingerprint density at radius 3 is 3.16 bits per heavy atom. The monoisotopic (exact) mass is 358 g/mol. The van der Waals surface area contributed by atoms with Gasteiger partial charge in [-0.15, -0.1) is 11.3 Å². The number of nitrogens with zero attached hydrogens (tertiary/aromatic N) is 6. The van der Waals surface area contributed by atoms with E-state index in [9.17, 15) is 4.79 Å². The standard InChI is InChI=1S/C17H22N6OS/c1-12(8-22-11-18-10-19-22)16(24)21-5-3-4-14(9-21)15-17-23(6-7-25-17)13(2)20-15/h6-7,10-12,14H,3-5,8-9H2,1-2H3/t12-,14-/m1/s1. The van der Waals surface area contributed by atoms with Crippen LogP contribution in [-0.4, -0.2) is 48.0 Å². The molecule has 4 heterocycles. The molecule has 0 aromatic carbocycles. The molecule has 0 N–H and O–H groups in total. The number of carbonyl (C=O) groups is 1. The molecule has 8 heteroatoms. The number of hydrogen-bond donors (Lipinski definition) is 0. The van der Waals surface area contributed by atoms with Crippen molar-refractivity contribution in [2.45, 2.75) is 39.2 Å². The number of imidazole rings is 1. The average molecular weight is 358 g/mol. The summed E-state index contributed by atoms with van der Waals surface area (Å²) < 4.78 is 3.87. The summed E-state index contributed by atoms with van der Waals surface area (Å²) in [7, 11) is 0. The van der Waals surface area contributed by atoms with Gasteiger partial charge in [0.25, 0.3) is 0 Å². The van der Waals surface area contributed by atoms with Crippen molar-refractivity contribution in [3.05, 3.63) is 35.7 Å². The maximum atomic E-state index is 12.9. The molecule has 3 aromatic heterocycles. The third-order valence-electron chi connectivity index (χ3n) is 4.93. The summed E-state index contributed by atoms with van der Waals surface area (Å²) in [4.78, 5) is 24.8. The Morgan fingerprint density at radius 2 is 2.36 bits per heavy atom. The van der Waals surface area contributed by atoms with Crippen molar-refractivity contribution in [2.24, 2.45) is 5.92 Å². The minimum absolute atomic E-state index is 0.106. The molecule has 0 aliphatic carbocycles. The van der Waals surface area contributed by atoms with E-state index in [-0.39, 0.29) is 11.8 Å². The second-order valence-corrected chi connectivity index (χ2v) is 7.66. The number of carbonyl (C=O) groups excluding carboxylic acids is 1. The maximum Gasteiger partial charge on any atom is 0.227 e. The molecule has 1 aliphatic rings. The Kier molecular flexibility index (Phi) is 4.29. The van der Waals surface area contributed by atoms with Crippen LogP contribution in [0, 0.1) is 12.8 Å². The second kappa shape index (κ2) is 6.59. The van der Waals surface area contributed by atoms with Crippen LogP contribution in [0.5, 0.6) is 0 Å². The number of thiazole rings is 1. The number of fused-ring (bicyclic) bond motifs is 1. The third kappa shape index (κ3) is 3.06. The van der Waals surface area contributed by atoms with Gasteiger partial charge in [0.2, 0.25) is 5.91 Å². The molecular weight excluding hydrogens is 336 g/mol. The van der Waals surface area contributed by atoms with E-state index in [1.807, 2.05) is 18.7 Å².